The van der Waals surface area contributed by atoms with Crippen LogP contribution < -0.4 is 19.5 Å². The lowest BCUT2D eigenvalue weighted by molar-refractivity contribution is -0.131. The first-order chi connectivity index (χ1) is 16.6. The summed E-state index contributed by atoms with van der Waals surface area (Å²) >= 11 is 12.6. The first-order valence-corrected chi connectivity index (χ1v) is 12.1. The van der Waals surface area contributed by atoms with E-state index in [1.807, 2.05) is 0 Å². The quantitative estimate of drug-likeness (QED) is 0.502. The van der Waals surface area contributed by atoms with Gasteiger partial charge in [0.15, 0.2) is 0 Å². The van der Waals surface area contributed by atoms with Crippen molar-refractivity contribution >= 4 is 50.9 Å². The van der Waals surface area contributed by atoms with Gasteiger partial charge in [-0.3, -0.25) is 4.79 Å². The van der Waals surface area contributed by atoms with E-state index in [0.29, 0.717) is 10.1 Å². The third-order valence-corrected chi connectivity index (χ3v) is 7.74. The maximum atomic E-state index is 14.1. The molecule has 3 aromatic rings. The lowest BCUT2D eigenvalue weighted by Gasteiger charge is -2.29. The summed E-state index contributed by atoms with van der Waals surface area (Å²) in [5.41, 5.74) is 2.91. The SMILES string of the molecule is COc1ccc(S(=O)(=O)N2C(=O)C(OC(N)=O)(c3ccccc3Cl)c3cc(Cl)ccc32)c(OC)c1. The van der Waals surface area contributed by atoms with E-state index in [2.05, 4.69) is 0 Å². The normalized spacial score (nSPS) is 17.1. The molecule has 2 N–H and O–H groups in total. The molecule has 182 valence electrons. The molecule has 2 amide bonds. The number of benzene rings is 3. The van der Waals surface area contributed by atoms with E-state index in [9.17, 15) is 18.0 Å². The highest BCUT2D eigenvalue weighted by Crippen LogP contribution is 2.51. The highest BCUT2D eigenvalue weighted by Gasteiger charge is 2.60. The van der Waals surface area contributed by atoms with Crippen molar-refractivity contribution in [1.82, 2.24) is 0 Å². The Labute approximate surface area is 210 Å². The number of fused-ring (bicyclic) bond motifs is 1. The fourth-order valence-electron chi connectivity index (χ4n) is 3.97. The van der Waals surface area contributed by atoms with Crippen LogP contribution in [0.25, 0.3) is 0 Å². The molecule has 4 rings (SSSR count). The van der Waals surface area contributed by atoms with Crippen molar-refractivity contribution in [3.63, 3.8) is 0 Å². The molecule has 1 aliphatic rings. The predicted octanol–water partition coefficient (Wildman–Crippen LogP) is 4.09. The van der Waals surface area contributed by atoms with Crippen LogP contribution in [0.1, 0.15) is 11.1 Å². The fourth-order valence-corrected chi connectivity index (χ4v) is 6.01. The molecule has 0 fully saturated rings. The molecule has 1 aliphatic heterocycles. The van der Waals surface area contributed by atoms with E-state index in [1.165, 1.54) is 62.8 Å². The molecule has 1 atom stereocenters. The number of halogens is 2. The first-order valence-electron chi connectivity index (χ1n) is 9.93. The lowest BCUT2D eigenvalue weighted by Crippen LogP contribution is -2.47. The molecule has 12 heteroatoms. The fraction of sp³-hybridized carbons (Fsp3) is 0.130. The molecule has 0 spiro atoms. The van der Waals surface area contributed by atoms with Crippen molar-refractivity contribution in [2.24, 2.45) is 5.73 Å². The van der Waals surface area contributed by atoms with Crippen molar-refractivity contribution in [3.8, 4) is 11.5 Å². The summed E-state index contributed by atoms with van der Waals surface area (Å²) < 4.78 is 44.1. The summed E-state index contributed by atoms with van der Waals surface area (Å²) in [6.07, 6.45) is -1.33. The van der Waals surface area contributed by atoms with Gasteiger partial charge in [0, 0.05) is 27.2 Å². The highest BCUT2D eigenvalue weighted by atomic mass is 35.5. The molecule has 0 radical (unpaired) electrons. The summed E-state index contributed by atoms with van der Waals surface area (Å²) in [6, 6.07) is 14.1. The zero-order valence-corrected chi connectivity index (χ0v) is 20.6. The van der Waals surface area contributed by atoms with E-state index in [1.54, 1.807) is 12.1 Å². The summed E-state index contributed by atoms with van der Waals surface area (Å²) in [5.74, 6) is -0.874. The Kier molecular flexibility index (Phi) is 6.31. The van der Waals surface area contributed by atoms with Gasteiger partial charge in [-0.15, -0.1) is 0 Å². The topological polar surface area (TPSA) is 125 Å². The largest absolute Gasteiger partial charge is 0.497 e. The Balaban J connectivity index is 2.05. The van der Waals surface area contributed by atoms with Gasteiger partial charge in [0.1, 0.15) is 16.4 Å². The summed E-state index contributed by atoms with van der Waals surface area (Å²) in [4.78, 5) is 25.8. The maximum absolute atomic E-state index is 14.1. The van der Waals surface area contributed by atoms with Gasteiger partial charge in [-0.2, -0.15) is 4.31 Å². The Hall–Kier alpha value is -3.47. The minimum absolute atomic E-state index is 0.00776. The van der Waals surface area contributed by atoms with Crippen LogP contribution in [0.2, 0.25) is 10.0 Å². The van der Waals surface area contributed by atoms with Crippen LogP contribution in [0.15, 0.2) is 65.6 Å². The lowest BCUT2D eigenvalue weighted by atomic mass is 9.87. The van der Waals surface area contributed by atoms with Gasteiger partial charge in [-0.1, -0.05) is 41.4 Å². The predicted molar refractivity (Wildman–Crippen MR) is 129 cm³/mol. The van der Waals surface area contributed by atoms with Crippen LogP contribution in [0.5, 0.6) is 11.5 Å². The Morgan fingerprint density at radius 2 is 1.69 bits per heavy atom. The van der Waals surface area contributed by atoms with Crippen molar-refractivity contribution in [3.05, 3.63) is 81.8 Å². The number of anilines is 1. The van der Waals surface area contributed by atoms with Gasteiger partial charge in [-0.25, -0.2) is 13.2 Å². The number of ether oxygens (including phenoxy) is 3. The molecule has 0 saturated carbocycles. The molecular formula is C23H18Cl2N2O7S. The molecule has 1 heterocycles. The molecule has 1 unspecified atom stereocenters. The number of primary amides is 1. The minimum Gasteiger partial charge on any atom is -0.497 e. The average molecular weight is 537 g/mol. The number of carbonyl (C=O) groups is 2. The Morgan fingerprint density at radius 1 is 0.971 bits per heavy atom. The van der Waals surface area contributed by atoms with Gasteiger partial charge in [-0.05, 0) is 36.4 Å². The number of amides is 2. The highest BCUT2D eigenvalue weighted by molar-refractivity contribution is 7.93. The molecule has 0 aromatic heterocycles. The van der Waals surface area contributed by atoms with Crippen LogP contribution in [-0.4, -0.2) is 34.6 Å². The second kappa shape index (κ2) is 8.95. The van der Waals surface area contributed by atoms with E-state index >= 15 is 0 Å². The standard InChI is InChI=1S/C23H18Cl2N2O7S/c1-32-14-8-10-20(19(12-14)33-2)35(30,31)27-18-9-7-13(24)11-16(18)23(21(27)28,34-22(26)29)15-5-3-4-6-17(15)25/h3-12H,1-2H3,(H2,26,29). The minimum atomic E-state index is -4.62. The molecule has 0 aliphatic carbocycles. The number of carbonyl (C=O) groups excluding carboxylic acids is 2. The number of hydrogen-bond acceptors (Lipinski definition) is 7. The van der Waals surface area contributed by atoms with Crippen LogP contribution in [0.4, 0.5) is 10.5 Å². The summed E-state index contributed by atoms with van der Waals surface area (Å²) in [7, 11) is -1.94. The number of methoxy groups -OCH3 is 2. The van der Waals surface area contributed by atoms with Gasteiger partial charge < -0.3 is 19.9 Å². The van der Waals surface area contributed by atoms with Gasteiger partial charge >= 0.3 is 6.09 Å². The van der Waals surface area contributed by atoms with Crippen molar-refractivity contribution in [2.75, 3.05) is 18.5 Å². The van der Waals surface area contributed by atoms with E-state index in [-0.39, 0.29) is 37.5 Å². The Bertz CT molecular complexity index is 1460. The molecule has 3 aromatic carbocycles. The molecule has 9 nitrogen and oxygen atoms in total. The Morgan fingerprint density at radius 3 is 2.31 bits per heavy atom. The smallest absolute Gasteiger partial charge is 0.406 e. The second-order valence-electron chi connectivity index (χ2n) is 7.33. The van der Waals surface area contributed by atoms with Crippen molar-refractivity contribution in [1.29, 1.82) is 0 Å². The summed E-state index contributed by atoms with van der Waals surface area (Å²) in [6.45, 7) is 0. The monoisotopic (exact) mass is 536 g/mol. The van der Waals surface area contributed by atoms with E-state index in [4.69, 9.17) is 43.1 Å². The number of nitrogens with two attached hydrogens (primary N) is 1. The third-order valence-electron chi connectivity index (χ3n) is 5.44. The molecule has 0 bridgehead atoms. The van der Waals surface area contributed by atoms with Gasteiger partial charge in [0.05, 0.1) is 19.9 Å². The van der Waals surface area contributed by atoms with E-state index < -0.39 is 27.6 Å². The van der Waals surface area contributed by atoms with Crippen LogP contribution in [0.3, 0.4) is 0 Å². The van der Waals surface area contributed by atoms with Gasteiger partial charge in [0.2, 0.25) is 5.60 Å². The zero-order chi connectivity index (χ0) is 25.5. The van der Waals surface area contributed by atoms with Crippen molar-refractivity contribution < 1.29 is 32.2 Å². The number of nitrogens with zero attached hydrogens (tertiary/aromatic N) is 1. The van der Waals surface area contributed by atoms with Crippen molar-refractivity contribution in [2.45, 2.75) is 10.5 Å². The number of rotatable bonds is 6. The van der Waals surface area contributed by atoms with Crippen LogP contribution in [0, 0.1) is 0 Å². The first kappa shape index (κ1) is 24.6. The van der Waals surface area contributed by atoms with Crippen LogP contribution in [-0.2, 0) is 25.2 Å². The molecular weight excluding hydrogens is 519 g/mol. The maximum Gasteiger partial charge on any atom is 0.406 e. The van der Waals surface area contributed by atoms with Gasteiger partial charge in [0.25, 0.3) is 15.9 Å². The second-order valence-corrected chi connectivity index (χ2v) is 9.93. The third kappa shape index (κ3) is 3.83. The van der Waals surface area contributed by atoms with Crippen LogP contribution >= 0.6 is 23.2 Å². The van der Waals surface area contributed by atoms with E-state index in [0.717, 1.165) is 0 Å². The molecule has 0 saturated heterocycles. The number of hydrogen-bond donors (Lipinski definition) is 1. The average Bonchev–Trinajstić information content (AvgIpc) is 3.06. The number of sulfonamides is 1. The molecule has 35 heavy (non-hydrogen) atoms. The zero-order valence-electron chi connectivity index (χ0n) is 18.3. The summed E-state index contributed by atoms with van der Waals surface area (Å²) in [5, 5.41) is 0.191.